The van der Waals surface area contributed by atoms with Crippen molar-refractivity contribution in [3.8, 4) is 0 Å². The summed E-state index contributed by atoms with van der Waals surface area (Å²) in [5.74, 6) is 0. The van der Waals surface area contributed by atoms with Gasteiger partial charge in [-0.05, 0) is 0 Å². The van der Waals surface area contributed by atoms with Crippen LogP contribution < -0.4 is 94.7 Å². The fourth-order valence-corrected chi connectivity index (χ4v) is 0. The Labute approximate surface area is 93.3 Å². The van der Waals surface area contributed by atoms with Crippen molar-refractivity contribution in [3.63, 3.8) is 0 Å². The first kappa shape index (κ1) is 22.4. The molecule has 0 saturated heterocycles. The van der Waals surface area contributed by atoms with E-state index in [-0.39, 0.29) is 60.8 Å². The zero-order valence-corrected chi connectivity index (χ0v) is 9.30. The van der Waals surface area contributed by atoms with Gasteiger partial charge in [0.15, 0.2) is 0 Å². The van der Waals surface area contributed by atoms with Crippen molar-refractivity contribution >= 4 is 0 Å². The third-order valence-corrected chi connectivity index (χ3v) is 0. The van der Waals surface area contributed by atoms with Crippen LogP contribution in [0.3, 0.4) is 0 Å². The van der Waals surface area contributed by atoms with E-state index >= 15 is 0 Å². The summed E-state index contributed by atoms with van der Waals surface area (Å²) in [6.07, 6.45) is 0. The molecule has 0 bridgehead atoms. The van der Waals surface area contributed by atoms with Crippen LogP contribution >= 0.6 is 0 Å². The van der Waals surface area contributed by atoms with E-state index in [9.17, 15) is 0 Å². The minimum absolute atomic E-state index is 0. The summed E-state index contributed by atoms with van der Waals surface area (Å²) in [5.41, 5.74) is 0. The number of rotatable bonds is 0. The van der Waals surface area contributed by atoms with Crippen molar-refractivity contribution in [3.05, 3.63) is 0 Å². The van der Waals surface area contributed by atoms with E-state index in [0.717, 1.165) is 0 Å². The molecule has 0 heterocycles. The predicted molar refractivity (Wildman–Crippen MR) is 0 cm³/mol. The third kappa shape index (κ3) is 77.9. The maximum atomic E-state index is 8.62. The fourth-order valence-electron chi connectivity index (χ4n) is 0. The van der Waals surface area contributed by atoms with Gasteiger partial charge in [-0.2, -0.15) is 0 Å². The van der Waals surface area contributed by atoms with Crippen molar-refractivity contribution in [2.75, 3.05) is 0 Å². The molecule has 0 aromatic rings. The SMILES string of the molecule is [Cl-].[Li+].[Na+].[O-][I+3]([O-])([O-])[O-]. The van der Waals surface area contributed by atoms with Gasteiger partial charge in [-0.25, -0.2) is 0 Å². The fraction of sp³-hybridized carbons (Fsp3) is 0. The van der Waals surface area contributed by atoms with Crippen LogP contribution in [0.1, 0.15) is 0 Å². The van der Waals surface area contributed by atoms with Crippen LogP contribution in [0.2, 0.25) is 0 Å². The minimum Gasteiger partial charge on any atom is -1.00 e. The van der Waals surface area contributed by atoms with Crippen LogP contribution in [0.4, 0.5) is 0 Å². The average Bonchev–Trinajstić information content (AvgIpc) is 0.722. The van der Waals surface area contributed by atoms with E-state index in [2.05, 4.69) is 0 Å². The van der Waals surface area contributed by atoms with Gasteiger partial charge in [0.1, 0.15) is 20.1 Å². The molecule has 8 heteroatoms. The van der Waals surface area contributed by atoms with E-state index in [1.54, 1.807) is 0 Å². The second-order valence-electron chi connectivity index (χ2n) is 0.378. The molecule has 8 heavy (non-hydrogen) atoms. The van der Waals surface area contributed by atoms with Crippen LogP contribution in [0.5, 0.6) is 0 Å². The van der Waals surface area contributed by atoms with E-state index in [4.69, 9.17) is 13.7 Å². The van der Waals surface area contributed by atoms with Crippen molar-refractivity contribution in [2.24, 2.45) is 0 Å². The van der Waals surface area contributed by atoms with Crippen LogP contribution in [0.25, 0.3) is 0 Å². The first-order valence-corrected chi connectivity index (χ1v) is 4.14. The van der Waals surface area contributed by atoms with Crippen LogP contribution in [0, 0.1) is 0 Å². The molecule has 0 radical (unpaired) electrons. The Hall–Kier alpha value is 2.46. The zero-order chi connectivity index (χ0) is 4.50. The Bertz CT molecular complexity index is 31.5. The van der Waals surface area contributed by atoms with E-state index in [1.807, 2.05) is 0 Å². The monoisotopic (exact) mass is 256 g/mol. The van der Waals surface area contributed by atoms with Gasteiger partial charge in [0.05, 0.1) is 0 Å². The van der Waals surface area contributed by atoms with Gasteiger partial charge in [-0.1, -0.05) is 0 Å². The summed E-state index contributed by atoms with van der Waals surface area (Å²) < 4.78 is 34.5. The van der Waals surface area contributed by atoms with E-state index in [0.29, 0.717) is 0 Å². The van der Waals surface area contributed by atoms with E-state index in [1.165, 1.54) is 0 Å². The summed E-state index contributed by atoms with van der Waals surface area (Å²) >= 11 is -5.94. The zero-order valence-electron chi connectivity index (χ0n) is 4.39. The van der Waals surface area contributed by atoms with Gasteiger partial charge >= 0.3 is 48.4 Å². The molecule has 0 aliphatic carbocycles. The molecule has 4 nitrogen and oxygen atoms in total. The molecule has 0 fully saturated rings. The summed E-state index contributed by atoms with van der Waals surface area (Å²) in [6, 6.07) is 0. The smallest absolute Gasteiger partial charge is 1.00 e. The van der Waals surface area contributed by atoms with Gasteiger partial charge in [0.2, 0.25) is 0 Å². The Morgan fingerprint density at radius 1 is 0.875 bits per heavy atom. The maximum Gasteiger partial charge on any atom is 1.00 e. The average molecular weight is 256 g/mol. The first-order valence-electron chi connectivity index (χ1n) is 0.617. The maximum absolute atomic E-state index is 8.62. The molecule has 0 atom stereocenters. The van der Waals surface area contributed by atoms with Crippen LogP contribution in [0.15, 0.2) is 0 Å². The number of halogens is 2. The molecule has 0 amide bonds. The van der Waals surface area contributed by atoms with Gasteiger partial charge in [0.25, 0.3) is 0 Å². The van der Waals surface area contributed by atoms with Crippen molar-refractivity contribution < 1.29 is 94.7 Å². The van der Waals surface area contributed by atoms with Crippen LogP contribution in [-0.2, 0) is 0 Å². The van der Waals surface area contributed by atoms with E-state index < -0.39 is 20.1 Å². The second-order valence-corrected chi connectivity index (χ2v) is 2.54. The predicted octanol–water partition coefficient (Wildman–Crippen LogP) is -16.7. The summed E-state index contributed by atoms with van der Waals surface area (Å²) in [7, 11) is 0. The number of hydrogen-bond acceptors (Lipinski definition) is 4. The molecule has 40 valence electrons. The molecule has 0 saturated carbocycles. The van der Waals surface area contributed by atoms with Crippen LogP contribution in [-0.4, -0.2) is 0 Å². The first-order chi connectivity index (χ1) is 2.00. The molecule has 0 aliphatic heterocycles. The molecule has 0 aromatic carbocycles. The Morgan fingerprint density at radius 3 is 0.875 bits per heavy atom. The largest absolute Gasteiger partial charge is 1.00 e. The quantitative estimate of drug-likeness (QED) is 0.318. The molecular weight excluding hydrogens is 256 g/mol. The molecule has 0 aliphatic rings. The van der Waals surface area contributed by atoms with Crippen molar-refractivity contribution in [1.82, 2.24) is 0 Å². The molecule has 0 aromatic heterocycles. The van der Waals surface area contributed by atoms with Crippen molar-refractivity contribution in [1.29, 1.82) is 0 Å². The third-order valence-electron chi connectivity index (χ3n) is 0. The molecule has 0 rings (SSSR count). The Kier molecular flexibility index (Phi) is 26.5. The minimum atomic E-state index is -5.94. The number of hydrogen-bond donors (Lipinski definition) is 0. The normalized spacial score (nSPS) is 7.50. The van der Waals surface area contributed by atoms with Gasteiger partial charge < -0.3 is 12.4 Å². The topological polar surface area (TPSA) is 92.2 Å². The summed E-state index contributed by atoms with van der Waals surface area (Å²) in [4.78, 5) is 0. The molecule has 0 spiro atoms. The van der Waals surface area contributed by atoms with Gasteiger partial charge in [0, 0.05) is 0 Å². The molecule has 0 N–H and O–H groups in total. The van der Waals surface area contributed by atoms with Crippen molar-refractivity contribution in [2.45, 2.75) is 0 Å². The van der Waals surface area contributed by atoms with Gasteiger partial charge in [-0.3, -0.25) is 13.7 Å². The van der Waals surface area contributed by atoms with Gasteiger partial charge in [-0.15, -0.1) is 0 Å². The Balaban J connectivity index is -0.0000000267. The molecule has 0 unspecified atom stereocenters. The Morgan fingerprint density at radius 2 is 0.875 bits per heavy atom. The second kappa shape index (κ2) is 9.46. The molecular formula is ClILiNaO4. The standard InChI is InChI=1S/ClH.IO4.Li.Na/c;2-1(3,4)5;;/h1H;;;/q;-1;2*+1/p-1. The summed E-state index contributed by atoms with van der Waals surface area (Å²) in [5, 5.41) is 0. The summed E-state index contributed by atoms with van der Waals surface area (Å²) in [6.45, 7) is 0.